The van der Waals surface area contributed by atoms with Crippen molar-refractivity contribution in [1.29, 1.82) is 0 Å². The molecule has 154 valence electrons. The van der Waals surface area contributed by atoms with Gasteiger partial charge in [0.2, 0.25) is 0 Å². The van der Waals surface area contributed by atoms with Crippen LogP contribution in [0.2, 0.25) is 0 Å². The zero-order valence-electron chi connectivity index (χ0n) is 16.3. The van der Waals surface area contributed by atoms with Crippen molar-refractivity contribution < 1.29 is 10.0 Å². The summed E-state index contributed by atoms with van der Waals surface area (Å²) < 4.78 is 1.52. The Morgan fingerprint density at radius 1 is 1.17 bits per heavy atom. The number of piperidine rings is 1. The fourth-order valence-electron chi connectivity index (χ4n) is 4.16. The molecule has 0 saturated carbocycles. The van der Waals surface area contributed by atoms with Crippen LogP contribution in [0, 0.1) is 17.0 Å². The third kappa shape index (κ3) is 3.93. The lowest BCUT2D eigenvalue weighted by molar-refractivity contribution is -0.385. The topological polar surface area (TPSA) is 118 Å². The number of nitrogens with zero attached hydrogens (tertiary/aromatic N) is 6. The molecule has 4 heterocycles. The van der Waals surface area contributed by atoms with Crippen LogP contribution in [-0.4, -0.2) is 57.1 Å². The Balaban J connectivity index is 1.53. The van der Waals surface area contributed by atoms with Crippen LogP contribution in [0.5, 0.6) is 0 Å². The lowest BCUT2D eigenvalue weighted by Gasteiger charge is -2.34. The summed E-state index contributed by atoms with van der Waals surface area (Å²) in [6, 6.07) is 3.01. The third-order valence-electron chi connectivity index (χ3n) is 5.63. The summed E-state index contributed by atoms with van der Waals surface area (Å²) in [5.74, 6) is 0.705. The van der Waals surface area contributed by atoms with Crippen LogP contribution in [0.15, 0.2) is 29.3 Å². The average Bonchev–Trinajstić information content (AvgIpc) is 3.14. The van der Waals surface area contributed by atoms with E-state index in [4.69, 9.17) is 0 Å². The van der Waals surface area contributed by atoms with E-state index in [9.17, 15) is 20.0 Å². The molecule has 0 unspecified atom stereocenters. The molecule has 29 heavy (non-hydrogen) atoms. The minimum atomic E-state index is -0.451. The second-order valence-electron chi connectivity index (χ2n) is 7.72. The van der Waals surface area contributed by atoms with Gasteiger partial charge in [0.1, 0.15) is 12.0 Å². The van der Waals surface area contributed by atoms with Crippen LogP contribution in [0.25, 0.3) is 0 Å². The molecule has 2 aromatic rings. The molecule has 0 radical (unpaired) electrons. The van der Waals surface area contributed by atoms with Crippen molar-refractivity contribution in [1.82, 2.24) is 14.8 Å². The first-order valence-corrected chi connectivity index (χ1v) is 9.80. The molecule has 0 amide bonds. The number of hydrogen-bond donors (Lipinski definition) is 1. The molecule has 2 saturated heterocycles. The molecule has 1 N–H and O–H groups in total. The standard InChI is InChI=1S/C19H24N6O4/c1-13-7-16(25(28)29)9-20-19(13)23-5-2-3-14(11-23)24-18(27)8-15(10-21-24)22-6-4-17(26)12-22/h7-10,14,17,26H,2-6,11-12H2,1H3/t14-,17-/m0/s1. The Morgan fingerprint density at radius 2 is 2.00 bits per heavy atom. The highest BCUT2D eigenvalue weighted by Crippen LogP contribution is 2.28. The number of pyridine rings is 1. The number of anilines is 2. The lowest BCUT2D eigenvalue weighted by atomic mass is 10.1. The Bertz CT molecular complexity index is 977. The van der Waals surface area contributed by atoms with Crippen LogP contribution in [-0.2, 0) is 0 Å². The molecule has 2 aliphatic rings. The number of aromatic nitrogens is 3. The SMILES string of the molecule is Cc1cc([N+](=O)[O-])cnc1N1CCC[C@H](n2ncc(N3CC[C@H](O)C3)cc2=O)C1. The summed E-state index contributed by atoms with van der Waals surface area (Å²) in [6.07, 6.45) is 5.00. The highest BCUT2D eigenvalue weighted by atomic mass is 16.6. The predicted molar refractivity (Wildman–Crippen MR) is 107 cm³/mol. The van der Waals surface area contributed by atoms with Gasteiger partial charge in [-0.05, 0) is 31.7 Å². The Morgan fingerprint density at radius 3 is 2.66 bits per heavy atom. The number of rotatable bonds is 4. The average molecular weight is 400 g/mol. The van der Waals surface area contributed by atoms with E-state index in [-0.39, 0.29) is 23.4 Å². The van der Waals surface area contributed by atoms with Gasteiger partial charge in [0, 0.05) is 38.3 Å². The van der Waals surface area contributed by atoms with Gasteiger partial charge in [-0.25, -0.2) is 9.67 Å². The summed E-state index contributed by atoms with van der Waals surface area (Å²) >= 11 is 0. The first kappa shape index (κ1) is 19.3. The van der Waals surface area contributed by atoms with Crippen molar-refractivity contribution in [2.75, 3.05) is 36.0 Å². The van der Waals surface area contributed by atoms with Crippen molar-refractivity contribution in [3.63, 3.8) is 0 Å². The second kappa shape index (κ2) is 7.78. The molecule has 2 aliphatic heterocycles. The van der Waals surface area contributed by atoms with Gasteiger partial charge in [-0.15, -0.1) is 0 Å². The van der Waals surface area contributed by atoms with Gasteiger partial charge < -0.3 is 14.9 Å². The number of nitro groups is 1. The van der Waals surface area contributed by atoms with Gasteiger partial charge >= 0.3 is 0 Å². The predicted octanol–water partition coefficient (Wildman–Crippen LogP) is 1.27. The summed E-state index contributed by atoms with van der Waals surface area (Å²) in [4.78, 5) is 31.5. The van der Waals surface area contributed by atoms with Crippen molar-refractivity contribution >= 4 is 17.2 Å². The molecule has 0 spiro atoms. The number of aryl methyl sites for hydroxylation is 1. The van der Waals surface area contributed by atoms with Crippen LogP contribution in [0.4, 0.5) is 17.2 Å². The van der Waals surface area contributed by atoms with E-state index < -0.39 is 4.92 Å². The maximum absolute atomic E-state index is 12.7. The number of aliphatic hydroxyl groups excluding tert-OH is 1. The van der Waals surface area contributed by atoms with E-state index in [2.05, 4.69) is 15.0 Å². The maximum atomic E-state index is 12.7. The molecule has 10 heteroatoms. The van der Waals surface area contributed by atoms with E-state index in [1.54, 1.807) is 12.3 Å². The largest absolute Gasteiger partial charge is 0.391 e. The van der Waals surface area contributed by atoms with E-state index in [0.29, 0.717) is 31.9 Å². The summed E-state index contributed by atoms with van der Waals surface area (Å²) in [6.45, 7) is 4.39. The Hall–Kier alpha value is -3.01. The zero-order chi connectivity index (χ0) is 20.5. The maximum Gasteiger partial charge on any atom is 0.287 e. The Labute approximate surface area is 167 Å². The van der Waals surface area contributed by atoms with Crippen LogP contribution < -0.4 is 15.4 Å². The van der Waals surface area contributed by atoms with E-state index >= 15 is 0 Å². The van der Waals surface area contributed by atoms with Gasteiger partial charge in [0.05, 0.1) is 29.0 Å². The van der Waals surface area contributed by atoms with Gasteiger partial charge in [-0.1, -0.05) is 0 Å². The molecular formula is C19H24N6O4. The first-order chi connectivity index (χ1) is 13.9. The van der Waals surface area contributed by atoms with Crippen LogP contribution in [0.1, 0.15) is 30.9 Å². The summed E-state index contributed by atoms with van der Waals surface area (Å²) in [5, 5.41) is 25.1. The van der Waals surface area contributed by atoms with E-state index in [0.717, 1.165) is 30.6 Å². The summed E-state index contributed by atoms with van der Waals surface area (Å²) in [7, 11) is 0. The molecular weight excluding hydrogens is 376 g/mol. The third-order valence-corrected chi connectivity index (χ3v) is 5.63. The zero-order valence-corrected chi connectivity index (χ0v) is 16.3. The highest BCUT2D eigenvalue weighted by Gasteiger charge is 2.26. The van der Waals surface area contributed by atoms with Gasteiger partial charge in [0.15, 0.2) is 0 Å². The Kier molecular flexibility index (Phi) is 5.18. The quantitative estimate of drug-likeness (QED) is 0.602. The van der Waals surface area contributed by atoms with Gasteiger partial charge in [-0.2, -0.15) is 5.10 Å². The monoisotopic (exact) mass is 400 g/mol. The molecule has 4 rings (SSSR count). The van der Waals surface area contributed by atoms with E-state index in [1.807, 2.05) is 11.8 Å². The molecule has 0 aromatic carbocycles. The number of β-amino-alcohol motifs (C(OH)–C–C–N with tert-alkyl or cyclic N) is 1. The molecule has 10 nitrogen and oxygen atoms in total. The minimum Gasteiger partial charge on any atom is -0.391 e. The van der Waals surface area contributed by atoms with Crippen LogP contribution >= 0.6 is 0 Å². The van der Waals surface area contributed by atoms with Crippen molar-refractivity contribution in [3.05, 3.63) is 50.6 Å². The normalized spacial score (nSPS) is 22.1. The number of aliphatic hydroxyl groups is 1. The fourth-order valence-corrected chi connectivity index (χ4v) is 4.16. The van der Waals surface area contributed by atoms with Gasteiger partial charge in [-0.3, -0.25) is 14.9 Å². The van der Waals surface area contributed by atoms with Crippen molar-refractivity contribution in [2.45, 2.75) is 38.3 Å². The smallest absolute Gasteiger partial charge is 0.287 e. The van der Waals surface area contributed by atoms with Crippen LogP contribution in [0.3, 0.4) is 0 Å². The summed E-state index contributed by atoms with van der Waals surface area (Å²) in [5.41, 5.74) is 1.29. The highest BCUT2D eigenvalue weighted by molar-refractivity contribution is 5.51. The van der Waals surface area contributed by atoms with Gasteiger partial charge in [0.25, 0.3) is 11.2 Å². The lowest BCUT2D eigenvalue weighted by Crippen LogP contribution is -2.41. The number of hydrogen-bond acceptors (Lipinski definition) is 8. The van der Waals surface area contributed by atoms with Crippen molar-refractivity contribution in [3.8, 4) is 0 Å². The first-order valence-electron chi connectivity index (χ1n) is 9.80. The van der Waals surface area contributed by atoms with E-state index in [1.165, 1.54) is 16.9 Å². The van der Waals surface area contributed by atoms with Crippen molar-refractivity contribution in [2.24, 2.45) is 0 Å². The molecule has 2 atom stereocenters. The fraction of sp³-hybridized carbons (Fsp3) is 0.526. The molecule has 2 fully saturated rings. The second-order valence-corrected chi connectivity index (χ2v) is 7.72. The molecule has 2 aromatic heterocycles. The molecule has 0 bridgehead atoms. The minimum absolute atomic E-state index is 0.0275. The molecule has 0 aliphatic carbocycles.